The molecule has 7 nitrogen and oxygen atoms in total. The SMILES string of the molecule is O=C(NCC1CCN(c2ccc(S(=O)(=O)N3CCOCC3)cc2)CC1)C1CCC1. The van der Waals surface area contributed by atoms with Crippen molar-refractivity contribution in [3.05, 3.63) is 24.3 Å². The monoisotopic (exact) mass is 421 g/mol. The molecule has 8 heteroatoms. The Bertz CT molecular complexity index is 794. The first-order valence-corrected chi connectivity index (χ1v) is 12.2. The minimum Gasteiger partial charge on any atom is -0.379 e. The molecular formula is C21H31N3O4S. The number of carbonyl (C=O) groups excluding carboxylic acids is 1. The second-order valence-electron chi connectivity index (χ2n) is 8.31. The van der Waals surface area contributed by atoms with Crippen molar-refractivity contribution in [2.24, 2.45) is 11.8 Å². The van der Waals surface area contributed by atoms with Crippen LogP contribution in [0.15, 0.2) is 29.2 Å². The molecule has 2 heterocycles. The predicted octanol–water partition coefficient (Wildman–Crippen LogP) is 1.84. The van der Waals surface area contributed by atoms with E-state index in [0.29, 0.717) is 37.1 Å². The Hall–Kier alpha value is -1.64. The van der Waals surface area contributed by atoms with Crippen molar-refractivity contribution in [2.75, 3.05) is 50.8 Å². The van der Waals surface area contributed by atoms with Crippen molar-refractivity contribution < 1.29 is 17.9 Å². The van der Waals surface area contributed by atoms with Crippen LogP contribution >= 0.6 is 0 Å². The minimum absolute atomic E-state index is 0.232. The molecule has 0 unspecified atom stereocenters. The summed E-state index contributed by atoms with van der Waals surface area (Å²) in [5.74, 6) is 1.01. The summed E-state index contributed by atoms with van der Waals surface area (Å²) in [6.07, 6.45) is 5.35. The zero-order chi connectivity index (χ0) is 20.3. The largest absolute Gasteiger partial charge is 0.379 e. The van der Waals surface area contributed by atoms with Crippen LogP contribution in [0.3, 0.4) is 0 Å². The van der Waals surface area contributed by atoms with Gasteiger partial charge in [0.25, 0.3) is 0 Å². The molecule has 1 aromatic carbocycles. The highest BCUT2D eigenvalue weighted by Crippen LogP contribution is 2.28. The Labute approximate surface area is 173 Å². The summed E-state index contributed by atoms with van der Waals surface area (Å²) in [4.78, 5) is 14.6. The lowest BCUT2D eigenvalue weighted by Crippen LogP contribution is -2.41. The molecule has 0 radical (unpaired) electrons. The van der Waals surface area contributed by atoms with Crippen LogP contribution in [0.5, 0.6) is 0 Å². The van der Waals surface area contributed by atoms with Gasteiger partial charge in [-0.15, -0.1) is 0 Å². The van der Waals surface area contributed by atoms with E-state index in [1.807, 2.05) is 12.1 Å². The van der Waals surface area contributed by atoms with E-state index >= 15 is 0 Å². The van der Waals surface area contributed by atoms with E-state index in [-0.39, 0.29) is 11.8 Å². The van der Waals surface area contributed by atoms with Crippen molar-refractivity contribution >= 4 is 21.6 Å². The van der Waals surface area contributed by atoms with E-state index in [4.69, 9.17) is 4.74 Å². The maximum atomic E-state index is 12.7. The van der Waals surface area contributed by atoms with E-state index in [9.17, 15) is 13.2 Å². The number of benzene rings is 1. The van der Waals surface area contributed by atoms with Gasteiger partial charge in [0.05, 0.1) is 18.1 Å². The van der Waals surface area contributed by atoms with Crippen molar-refractivity contribution in [1.29, 1.82) is 0 Å². The van der Waals surface area contributed by atoms with Gasteiger partial charge in [-0.25, -0.2) is 8.42 Å². The van der Waals surface area contributed by atoms with Crippen LogP contribution in [0.4, 0.5) is 5.69 Å². The van der Waals surface area contributed by atoms with E-state index < -0.39 is 10.0 Å². The Morgan fingerprint density at radius 3 is 2.24 bits per heavy atom. The molecule has 29 heavy (non-hydrogen) atoms. The summed E-state index contributed by atoms with van der Waals surface area (Å²) in [5.41, 5.74) is 1.06. The van der Waals surface area contributed by atoms with Gasteiger partial charge in [-0.3, -0.25) is 4.79 Å². The fourth-order valence-electron chi connectivity index (χ4n) is 4.22. The van der Waals surface area contributed by atoms with Crippen LogP contribution in [0.1, 0.15) is 32.1 Å². The fourth-order valence-corrected chi connectivity index (χ4v) is 5.63. The van der Waals surface area contributed by atoms with Gasteiger partial charge < -0.3 is 15.0 Å². The van der Waals surface area contributed by atoms with Crippen molar-refractivity contribution in [1.82, 2.24) is 9.62 Å². The smallest absolute Gasteiger partial charge is 0.243 e. The van der Waals surface area contributed by atoms with Crippen LogP contribution in [0.2, 0.25) is 0 Å². The van der Waals surface area contributed by atoms with Crippen molar-refractivity contribution in [3.63, 3.8) is 0 Å². The van der Waals surface area contributed by atoms with E-state index in [0.717, 1.165) is 51.0 Å². The lowest BCUT2D eigenvalue weighted by Gasteiger charge is -2.34. The molecule has 0 atom stereocenters. The summed E-state index contributed by atoms with van der Waals surface area (Å²) in [6, 6.07) is 7.24. The first-order chi connectivity index (χ1) is 14.0. The molecule has 1 aliphatic carbocycles. The Morgan fingerprint density at radius 2 is 1.66 bits per heavy atom. The molecule has 2 saturated heterocycles. The number of nitrogens with zero attached hydrogens (tertiary/aromatic N) is 2. The number of piperidine rings is 1. The molecule has 0 bridgehead atoms. The second-order valence-corrected chi connectivity index (χ2v) is 10.3. The third-order valence-electron chi connectivity index (χ3n) is 6.47. The highest BCUT2D eigenvalue weighted by molar-refractivity contribution is 7.89. The second kappa shape index (κ2) is 9.02. The third kappa shape index (κ3) is 4.75. The quantitative estimate of drug-likeness (QED) is 0.758. The van der Waals surface area contributed by atoms with Crippen molar-refractivity contribution in [2.45, 2.75) is 37.0 Å². The first kappa shape index (κ1) is 20.6. The molecule has 160 valence electrons. The van der Waals surface area contributed by atoms with Crippen molar-refractivity contribution in [3.8, 4) is 0 Å². The van der Waals surface area contributed by atoms with Crippen LogP contribution in [0.25, 0.3) is 0 Å². The van der Waals surface area contributed by atoms with E-state index in [1.54, 1.807) is 12.1 Å². The maximum Gasteiger partial charge on any atom is 0.243 e. The zero-order valence-electron chi connectivity index (χ0n) is 16.9. The van der Waals surface area contributed by atoms with E-state index in [1.165, 1.54) is 10.7 Å². The zero-order valence-corrected chi connectivity index (χ0v) is 17.7. The van der Waals surface area contributed by atoms with Crippen LogP contribution < -0.4 is 10.2 Å². The van der Waals surface area contributed by atoms with Gasteiger partial charge in [0.15, 0.2) is 0 Å². The molecular weight excluding hydrogens is 390 g/mol. The Balaban J connectivity index is 1.28. The lowest BCUT2D eigenvalue weighted by atomic mass is 9.84. The molecule has 0 aromatic heterocycles. The van der Waals surface area contributed by atoms with Crippen LogP contribution in [-0.2, 0) is 19.6 Å². The normalized spacial score (nSPS) is 22.3. The molecule has 3 aliphatic rings. The number of hydrogen-bond donors (Lipinski definition) is 1. The fraction of sp³-hybridized carbons (Fsp3) is 0.667. The summed E-state index contributed by atoms with van der Waals surface area (Å²) in [5, 5.41) is 3.13. The summed E-state index contributed by atoms with van der Waals surface area (Å²) in [6.45, 7) is 4.36. The number of anilines is 1. The lowest BCUT2D eigenvalue weighted by molar-refractivity contribution is -0.127. The molecule has 0 spiro atoms. The van der Waals surface area contributed by atoms with Gasteiger partial charge in [-0.1, -0.05) is 6.42 Å². The summed E-state index contributed by atoms with van der Waals surface area (Å²) >= 11 is 0. The van der Waals surface area contributed by atoms with Gasteiger partial charge in [-0.2, -0.15) is 4.31 Å². The van der Waals surface area contributed by atoms with Crippen LogP contribution in [-0.4, -0.2) is 64.6 Å². The molecule has 4 rings (SSSR count). The van der Waals surface area contributed by atoms with Crippen LogP contribution in [0, 0.1) is 11.8 Å². The molecule has 3 fully saturated rings. The topological polar surface area (TPSA) is 79.0 Å². The Morgan fingerprint density at radius 1 is 1.00 bits per heavy atom. The molecule has 1 N–H and O–H groups in total. The molecule has 1 aromatic rings. The highest BCUT2D eigenvalue weighted by Gasteiger charge is 2.28. The average molecular weight is 422 g/mol. The summed E-state index contributed by atoms with van der Waals surface area (Å²) in [7, 11) is -3.44. The third-order valence-corrected chi connectivity index (χ3v) is 8.38. The number of carbonyl (C=O) groups is 1. The number of morpholine rings is 1. The molecule has 1 amide bonds. The number of ether oxygens (including phenoxy) is 1. The van der Waals surface area contributed by atoms with Gasteiger partial charge in [0, 0.05) is 44.3 Å². The highest BCUT2D eigenvalue weighted by atomic mass is 32.2. The van der Waals surface area contributed by atoms with Gasteiger partial charge >= 0.3 is 0 Å². The number of sulfonamides is 1. The first-order valence-electron chi connectivity index (χ1n) is 10.7. The van der Waals surface area contributed by atoms with E-state index in [2.05, 4.69) is 10.2 Å². The number of hydrogen-bond acceptors (Lipinski definition) is 5. The van der Waals surface area contributed by atoms with Gasteiger partial charge in [0.2, 0.25) is 15.9 Å². The van der Waals surface area contributed by atoms with Gasteiger partial charge in [0.1, 0.15) is 0 Å². The standard InChI is InChI=1S/C21H31N3O4S/c25-21(18-2-1-3-18)22-16-17-8-10-23(11-9-17)19-4-6-20(7-5-19)29(26,27)24-12-14-28-15-13-24/h4-7,17-18H,1-3,8-16H2,(H,22,25). The van der Waals surface area contributed by atoms with Gasteiger partial charge in [-0.05, 0) is 55.9 Å². The molecule has 1 saturated carbocycles. The number of rotatable bonds is 6. The minimum atomic E-state index is -3.44. The maximum absolute atomic E-state index is 12.7. The molecule has 2 aliphatic heterocycles. The number of nitrogens with one attached hydrogen (secondary N) is 1. The summed E-state index contributed by atoms with van der Waals surface area (Å²) < 4.78 is 32.2. The Kier molecular flexibility index (Phi) is 6.41. The predicted molar refractivity (Wildman–Crippen MR) is 111 cm³/mol. The average Bonchev–Trinajstić information content (AvgIpc) is 2.72. The number of amides is 1.